The number of aryl methyl sites for hydroxylation is 2. The quantitative estimate of drug-likeness (QED) is 0.811. The predicted molar refractivity (Wildman–Crippen MR) is 102 cm³/mol. The fourth-order valence-corrected chi connectivity index (χ4v) is 4.49. The lowest BCUT2D eigenvalue weighted by atomic mass is 10.2. The Morgan fingerprint density at radius 3 is 2.81 bits per heavy atom. The molecule has 1 N–H and O–H groups in total. The molecule has 3 heterocycles. The smallest absolute Gasteiger partial charge is 0.349 e. The van der Waals surface area contributed by atoms with Crippen molar-refractivity contribution in [2.45, 2.75) is 71.1 Å². The zero-order chi connectivity index (χ0) is 19.1. The van der Waals surface area contributed by atoms with Crippen LogP contribution in [-0.4, -0.2) is 33.6 Å². The number of nitrogens with one attached hydrogen (secondary N) is 1. The van der Waals surface area contributed by atoms with Gasteiger partial charge in [0.15, 0.2) is 6.10 Å². The van der Waals surface area contributed by atoms with Crippen molar-refractivity contribution in [2.75, 3.05) is 0 Å². The SMILES string of the molecule is Cc1c(C(=O)OC(C)C(=O)NC2CC2)sc2nc3n(c(=O)c12)CCCCC3. The highest BCUT2D eigenvalue weighted by Crippen LogP contribution is 2.29. The fourth-order valence-electron chi connectivity index (χ4n) is 3.42. The monoisotopic (exact) mass is 389 g/mol. The summed E-state index contributed by atoms with van der Waals surface area (Å²) in [5.74, 6) is -0.0635. The Morgan fingerprint density at radius 1 is 1.30 bits per heavy atom. The van der Waals surface area contributed by atoms with Gasteiger partial charge in [0, 0.05) is 19.0 Å². The van der Waals surface area contributed by atoms with Crippen molar-refractivity contribution in [3.8, 4) is 0 Å². The molecule has 4 rings (SSSR count). The van der Waals surface area contributed by atoms with Gasteiger partial charge in [0.05, 0.1) is 5.39 Å². The molecule has 0 aromatic carbocycles. The maximum Gasteiger partial charge on any atom is 0.349 e. The van der Waals surface area contributed by atoms with Crippen molar-refractivity contribution in [1.29, 1.82) is 0 Å². The van der Waals surface area contributed by atoms with Crippen LogP contribution in [0.25, 0.3) is 10.2 Å². The Morgan fingerprint density at radius 2 is 2.07 bits per heavy atom. The van der Waals surface area contributed by atoms with E-state index >= 15 is 0 Å². The summed E-state index contributed by atoms with van der Waals surface area (Å²) >= 11 is 1.18. The van der Waals surface area contributed by atoms with Crippen LogP contribution in [0.2, 0.25) is 0 Å². The molecule has 8 heteroatoms. The average Bonchev–Trinajstić information content (AvgIpc) is 3.41. The zero-order valence-electron chi connectivity index (χ0n) is 15.5. The third-order valence-electron chi connectivity index (χ3n) is 5.17. The van der Waals surface area contributed by atoms with Gasteiger partial charge in [0.2, 0.25) is 0 Å². The number of hydrogen-bond acceptors (Lipinski definition) is 6. The number of aromatic nitrogens is 2. The van der Waals surface area contributed by atoms with Gasteiger partial charge in [-0.05, 0) is 45.1 Å². The Labute approximate surface area is 160 Å². The van der Waals surface area contributed by atoms with Crippen molar-refractivity contribution in [1.82, 2.24) is 14.9 Å². The van der Waals surface area contributed by atoms with Crippen molar-refractivity contribution >= 4 is 33.4 Å². The van der Waals surface area contributed by atoms with E-state index in [0.29, 0.717) is 27.2 Å². The minimum Gasteiger partial charge on any atom is -0.448 e. The first-order valence-corrected chi connectivity index (χ1v) is 10.3. The molecular weight excluding hydrogens is 366 g/mol. The van der Waals surface area contributed by atoms with Crippen LogP contribution in [0, 0.1) is 6.92 Å². The second-order valence-electron chi connectivity index (χ2n) is 7.36. The highest BCUT2D eigenvalue weighted by Gasteiger charge is 2.29. The average molecular weight is 389 g/mol. The molecule has 1 aliphatic carbocycles. The Kier molecular flexibility index (Phi) is 4.75. The van der Waals surface area contributed by atoms with Gasteiger partial charge in [-0.15, -0.1) is 11.3 Å². The summed E-state index contributed by atoms with van der Waals surface area (Å²) < 4.78 is 7.09. The van der Waals surface area contributed by atoms with Gasteiger partial charge in [0.1, 0.15) is 15.5 Å². The van der Waals surface area contributed by atoms with E-state index in [9.17, 15) is 14.4 Å². The molecule has 2 aromatic heterocycles. The van der Waals surface area contributed by atoms with Crippen LogP contribution in [0.3, 0.4) is 0 Å². The van der Waals surface area contributed by atoms with Gasteiger partial charge in [-0.1, -0.05) is 6.42 Å². The van der Waals surface area contributed by atoms with E-state index < -0.39 is 12.1 Å². The summed E-state index contributed by atoms with van der Waals surface area (Å²) in [5.41, 5.74) is 0.510. The zero-order valence-corrected chi connectivity index (χ0v) is 16.4. The van der Waals surface area contributed by atoms with E-state index in [-0.39, 0.29) is 17.5 Å². The molecule has 0 bridgehead atoms. The molecule has 1 atom stereocenters. The van der Waals surface area contributed by atoms with Crippen molar-refractivity contribution in [3.05, 3.63) is 26.6 Å². The molecule has 0 spiro atoms. The van der Waals surface area contributed by atoms with Crippen LogP contribution in [0.4, 0.5) is 0 Å². The van der Waals surface area contributed by atoms with Gasteiger partial charge in [-0.2, -0.15) is 0 Å². The topological polar surface area (TPSA) is 90.3 Å². The van der Waals surface area contributed by atoms with Crippen LogP contribution in [0.1, 0.15) is 60.1 Å². The van der Waals surface area contributed by atoms with Crippen LogP contribution >= 0.6 is 11.3 Å². The first-order chi connectivity index (χ1) is 13.0. The molecule has 1 amide bonds. The first kappa shape index (κ1) is 18.2. The number of ether oxygens (including phenoxy) is 1. The molecular formula is C19H23N3O4S. The molecule has 0 radical (unpaired) electrons. The standard InChI is InChI=1S/C19H23N3O4S/c1-10-14-17(21-13-6-4-3-5-9-22(13)18(14)24)27-15(10)19(25)26-11(2)16(23)20-12-7-8-12/h11-12H,3-9H2,1-2H3,(H,20,23). The molecule has 1 unspecified atom stereocenters. The third-order valence-corrected chi connectivity index (χ3v) is 6.34. The molecule has 1 aliphatic heterocycles. The van der Waals surface area contributed by atoms with E-state index in [1.54, 1.807) is 18.4 Å². The van der Waals surface area contributed by atoms with Crippen molar-refractivity contribution < 1.29 is 14.3 Å². The number of carbonyl (C=O) groups is 2. The molecule has 2 aliphatic rings. The number of amides is 1. The normalized spacial score (nSPS) is 17.9. The fraction of sp³-hybridized carbons (Fsp3) is 0.579. The van der Waals surface area contributed by atoms with Gasteiger partial charge < -0.3 is 10.1 Å². The van der Waals surface area contributed by atoms with E-state index in [2.05, 4.69) is 10.3 Å². The maximum atomic E-state index is 13.0. The number of esters is 1. The maximum absolute atomic E-state index is 13.0. The predicted octanol–water partition coefficient (Wildman–Crippen LogP) is 2.32. The van der Waals surface area contributed by atoms with Crippen LogP contribution in [0.5, 0.6) is 0 Å². The van der Waals surface area contributed by atoms with Crippen LogP contribution in [-0.2, 0) is 22.5 Å². The number of fused-ring (bicyclic) bond motifs is 2. The van der Waals surface area contributed by atoms with Gasteiger partial charge in [-0.3, -0.25) is 14.2 Å². The Hall–Kier alpha value is -2.22. The lowest BCUT2D eigenvalue weighted by Gasteiger charge is -2.12. The molecule has 1 saturated carbocycles. The number of hydrogen-bond donors (Lipinski definition) is 1. The lowest BCUT2D eigenvalue weighted by Crippen LogP contribution is -2.37. The summed E-state index contributed by atoms with van der Waals surface area (Å²) in [6, 6.07) is 0.212. The van der Waals surface area contributed by atoms with E-state index in [0.717, 1.165) is 44.3 Å². The first-order valence-electron chi connectivity index (χ1n) is 9.50. The Balaban J connectivity index is 1.63. The molecule has 1 fully saturated rings. The number of nitrogens with zero attached hydrogens (tertiary/aromatic N) is 2. The summed E-state index contributed by atoms with van der Waals surface area (Å²) in [7, 11) is 0. The summed E-state index contributed by atoms with van der Waals surface area (Å²) in [6.45, 7) is 3.98. The minimum atomic E-state index is -0.867. The van der Waals surface area contributed by atoms with E-state index in [4.69, 9.17) is 4.74 Å². The van der Waals surface area contributed by atoms with Crippen LogP contribution < -0.4 is 10.9 Å². The summed E-state index contributed by atoms with van der Waals surface area (Å²) in [4.78, 5) is 43.2. The second-order valence-corrected chi connectivity index (χ2v) is 8.36. The molecule has 144 valence electrons. The largest absolute Gasteiger partial charge is 0.448 e. The van der Waals surface area contributed by atoms with Gasteiger partial charge in [-0.25, -0.2) is 9.78 Å². The Bertz CT molecular complexity index is 973. The lowest BCUT2D eigenvalue weighted by molar-refractivity contribution is -0.129. The molecule has 0 saturated heterocycles. The van der Waals surface area contributed by atoms with Crippen molar-refractivity contribution in [3.63, 3.8) is 0 Å². The van der Waals surface area contributed by atoms with Crippen LogP contribution in [0.15, 0.2) is 4.79 Å². The molecule has 2 aromatic rings. The minimum absolute atomic E-state index is 0.0794. The third kappa shape index (κ3) is 3.50. The number of carbonyl (C=O) groups excluding carboxylic acids is 2. The van der Waals surface area contributed by atoms with Gasteiger partial charge >= 0.3 is 5.97 Å². The van der Waals surface area contributed by atoms with Gasteiger partial charge in [0.25, 0.3) is 11.5 Å². The summed E-state index contributed by atoms with van der Waals surface area (Å²) in [5, 5.41) is 3.32. The summed E-state index contributed by atoms with van der Waals surface area (Å²) in [6.07, 6.45) is 4.93. The van der Waals surface area contributed by atoms with E-state index in [1.807, 2.05) is 0 Å². The molecule has 27 heavy (non-hydrogen) atoms. The number of rotatable bonds is 4. The second kappa shape index (κ2) is 7.07. The highest BCUT2D eigenvalue weighted by atomic mass is 32.1. The highest BCUT2D eigenvalue weighted by molar-refractivity contribution is 7.20. The number of thiophene rings is 1. The van der Waals surface area contributed by atoms with E-state index in [1.165, 1.54) is 11.3 Å². The molecule has 7 nitrogen and oxygen atoms in total. The van der Waals surface area contributed by atoms with Crippen molar-refractivity contribution in [2.24, 2.45) is 0 Å².